The molecule has 43 heavy (non-hydrogen) atoms. The average Bonchev–Trinajstić information content (AvgIpc) is 2.91. The van der Waals surface area contributed by atoms with E-state index in [9.17, 15) is 24.9 Å². The van der Waals surface area contributed by atoms with Crippen LogP contribution >= 0.6 is 0 Å². The van der Waals surface area contributed by atoms with Crippen molar-refractivity contribution >= 4 is 11.8 Å². The number of aliphatic hydroxyl groups excluding tert-OH is 2. The van der Waals surface area contributed by atoms with Gasteiger partial charge in [-0.2, -0.15) is 0 Å². The number of hydrogen-bond donors (Lipinski definition) is 3. The predicted molar refractivity (Wildman–Crippen MR) is 163 cm³/mol. The molecule has 4 saturated carbocycles. The number of carboxylic acids is 1. The molecule has 3 N–H and O–H groups in total. The number of aliphatic hydroxyl groups is 2. The van der Waals surface area contributed by atoms with Gasteiger partial charge in [0, 0.05) is 12.3 Å². The second-order valence-electron chi connectivity index (χ2n) is 17.6. The molecule has 0 bridgehead atoms. The van der Waals surface area contributed by atoms with Crippen molar-refractivity contribution < 1.29 is 34.4 Å². The average molecular weight is 601 g/mol. The van der Waals surface area contributed by atoms with Crippen LogP contribution in [-0.4, -0.2) is 57.8 Å². The summed E-state index contributed by atoms with van der Waals surface area (Å²) < 4.78 is 12.6. The lowest BCUT2D eigenvalue weighted by Gasteiger charge is -2.70. The summed E-state index contributed by atoms with van der Waals surface area (Å²) >= 11 is 0. The summed E-state index contributed by atoms with van der Waals surface area (Å²) in [5, 5.41) is 30.7. The fourth-order valence-corrected chi connectivity index (χ4v) is 11.9. The predicted octanol–water partition coefficient (Wildman–Crippen LogP) is 6.29. The van der Waals surface area contributed by atoms with E-state index in [1.54, 1.807) is 6.92 Å². The van der Waals surface area contributed by atoms with Gasteiger partial charge in [-0.15, -0.1) is 0 Å². The highest BCUT2D eigenvalue weighted by atomic mass is 16.7. The summed E-state index contributed by atoms with van der Waals surface area (Å²) in [7, 11) is 0. The highest BCUT2D eigenvalue weighted by Gasteiger charge is 2.70. The fraction of sp³-hybridized carbons (Fsp3) is 0.889. The number of fused-ring (bicyclic) bond motifs is 7. The molecule has 0 unspecified atom stereocenters. The van der Waals surface area contributed by atoms with Crippen LogP contribution in [0, 0.1) is 50.2 Å². The van der Waals surface area contributed by atoms with Crippen molar-refractivity contribution in [2.45, 2.75) is 150 Å². The van der Waals surface area contributed by atoms with Crippen molar-refractivity contribution in [3.05, 3.63) is 11.6 Å². The highest BCUT2D eigenvalue weighted by Crippen LogP contribution is 2.75. The van der Waals surface area contributed by atoms with E-state index in [0.29, 0.717) is 12.8 Å². The Balaban J connectivity index is 1.32. The number of aliphatic carboxylic acids is 1. The lowest BCUT2D eigenvalue weighted by atomic mass is 9.33. The quantitative estimate of drug-likeness (QED) is 0.326. The van der Waals surface area contributed by atoms with Crippen molar-refractivity contribution in [2.24, 2.45) is 50.2 Å². The van der Waals surface area contributed by atoms with Gasteiger partial charge < -0.3 is 24.8 Å². The van der Waals surface area contributed by atoms with Crippen LogP contribution < -0.4 is 0 Å². The molecule has 1 heterocycles. The van der Waals surface area contributed by atoms with Crippen LogP contribution in [0.3, 0.4) is 0 Å². The largest absolute Gasteiger partial charge is 0.481 e. The van der Waals surface area contributed by atoms with E-state index < -0.39 is 36.0 Å². The molecule has 1 aliphatic heterocycles. The molecular weight excluding hydrogens is 544 g/mol. The third-order valence-electron chi connectivity index (χ3n) is 15.0. The number of carbonyl (C=O) groups is 2. The summed E-state index contributed by atoms with van der Waals surface area (Å²) in [6.07, 6.45) is 7.45. The zero-order valence-corrected chi connectivity index (χ0v) is 27.7. The molecule has 7 nitrogen and oxygen atoms in total. The molecule has 13 atom stereocenters. The third kappa shape index (κ3) is 4.33. The molecule has 1 saturated heterocycles. The zero-order chi connectivity index (χ0) is 31.5. The smallest absolute Gasteiger partial charge is 0.309 e. The number of ether oxygens (including phenoxy) is 2. The maximum atomic E-state index is 14.6. The molecule has 6 aliphatic rings. The Morgan fingerprint density at radius 3 is 2.28 bits per heavy atom. The molecular formula is C36H56O7. The van der Waals surface area contributed by atoms with E-state index in [1.165, 1.54) is 5.57 Å². The van der Waals surface area contributed by atoms with Crippen LogP contribution in [0.4, 0.5) is 0 Å². The molecule has 5 aliphatic carbocycles. The van der Waals surface area contributed by atoms with Gasteiger partial charge in [-0.25, -0.2) is 0 Å². The first-order valence-electron chi connectivity index (χ1n) is 17.0. The van der Waals surface area contributed by atoms with E-state index in [0.717, 1.165) is 44.9 Å². The van der Waals surface area contributed by atoms with E-state index in [-0.39, 0.29) is 63.1 Å². The molecule has 0 spiro atoms. The number of hydrogen-bond acceptors (Lipinski definition) is 6. The summed E-state index contributed by atoms with van der Waals surface area (Å²) in [4.78, 5) is 27.0. The van der Waals surface area contributed by atoms with Gasteiger partial charge in [0.25, 0.3) is 0 Å². The number of rotatable bonds is 3. The minimum atomic E-state index is -0.903. The van der Waals surface area contributed by atoms with Gasteiger partial charge in [0.05, 0.1) is 23.7 Å². The van der Waals surface area contributed by atoms with Crippen LogP contribution in [0.15, 0.2) is 11.6 Å². The van der Waals surface area contributed by atoms with Crippen LogP contribution in [-0.2, 0) is 19.1 Å². The standard InChI is InChI=1S/C36H56O7/c1-20-28(39)23(37)18-27(42-20)43-26-10-11-34(6)25(31(26,2)3)9-12-36(8)29(34)24(38)17-21-22-19-33(5,30(40)41)14-13-32(22,4)15-16-35(21,36)7/h17,20,22-23,25-29,37,39H,9-16,18-19H2,1-8H3,(H,40,41)/t20-,22-,23-,25+,26+,27+,28-,29+,32+,33+,34+,35+,36+/m0/s1. The Morgan fingerprint density at radius 1 is 0.953 bits per heavy atom. The number of ketones is 1. The molecule has 0 aromatic heterocycles. The second-order valence-corrected chi connectivity index (χ2v) is 17.6. The van der Waals surface area contributed by atoms with E-state index in [2.05, 4.69) is 41.5 Å². The van der Waals surface area contributed by atoms with Crippen molar-refractivity contribution in [3.63, 3.8) is 0 Å². The lowest BCUT2D eigenvalue weighted by molar-refractivity contribution is -0.290. The first kappa shape index (κ1) is 31.7. The maximum absolute atomic E-state index is 14.6. The van der Waals surface area contributed by atoms with Gasteiger partial charge in [0.15, 0.2) is 12.1 Å². The molecule has 7 heteroatoms. The van der Waals surface area contributed by atoms with Gasteiger partial charge in [-0.05, 0) is 117 Å². The molecule has 0 aromatic rings. The van der Waals surface area contributed by atoms with Gasteiger partial charge >= 0.3 is 5.97 Å². The maximum Gasteiger partial charge on any atom is 0.309 e. The second kappa shape index (κ2) is 9.86. The van der Waals surface area contributed by atoms with Crippen molar-refractivity contribution in [2.75, 3.05) is 0 Å². The minimum Gasteiger partial charge on any atom is -0.481 e. The minimum absolute atomic E-state index is 0.0462. The molecule has 5 fully saturated rings. The molecule has 0 radical (unpaired) electrons. The Morgan fingerprint density at radius 2 is 1.63 bits per heavy atom. The Bertz CT molecular complexity index is 1200. The Labute approximate surface area is 258 Å². The first-order valence-corrected chi connectivity index (χ1v) is 17.0. The SMILES string of the molecule is C[C@@H]1O[C@H](O[C@@H]2CC[C@]3(C)[C@H](CC[C@]4(C)[C@@H]3C(=O)C=C3[C@@H]5C[C@](C)(C(=O)O)CC[C@]5(C)CC[C@]34C)C2(C)C)C[C@H](O)[C@H]1O. The van der Waals surface area contributed by atoms with Gasteiger partial charge in [-0.1, -0.05) is 47.1 Å². The summed E-state index contributed by atoms with van der Waals surface area (Å²) in [6.45, 7) is 17.8. The van der Waals surface area contributed by atoms with Crippen LogP contribution in [0.2, 0.25) is 0 Å². The summed E-state index contributed by atoms with van der Waals surface area (Å²) in [5.41, 5.74) is -0.165. The molecule has 6 rings (SSSR count). The number of carbonyl (C=O) groups excluding carboxylic acids is 1. The monoisotopic (exact) mass is 600 g/mol. The molecule has 0 amide bonds. The highest BCUT2D eigenvalue weighted by molar-refractivity contribution is 5.95. The lowest BCUT2D eigenvalue weighted by Crippen LogP contribution is -2.67. The topological polar surface area (TPSA) is 113 Å². The molecule has 242 valence electrons. The van der Waals surface area contributed by atoms with Crippen LogP contribution in [0.25, 0.3) is 0 Å². The number of allylic oxidation sites excluding steroid dienone is 2. The summed E-state index contributed by atoms with van der Waals surface area (Å²) in [5.74, 6) is -0.128. The summed E-state index contributed by atoms with van der Waals surface area (Å²) in [6, 6.07) is 0. The van der Waals surface area contributed by atoms with Crippen molar-refractivity contribution in [1.82, 2.24) is 0 Å². The Kier molecular flexibility index (Phi) is 7.27. The third-order valence-corrected chi connectivity index (χ3v) is 15.0. The number of carboxylic acid groups (broad SMARTS) is 1. The first-order chi connectivity index (χ1) is 19.8. The molecule has 0 aromatic carbocycles. The zero-order valence-electron chi connectivity index (χ0n) is 27.7. The van der Waals surface area contributed by atoms with Crippen LogP contribution in [0.5, 0.6) is 0 Å². The van der Waals surface area contributed by atoms with E-state index in [4.69, 9.17) is 9.47 Å². The van der Waals surface area contributed by atoms with Crippen molar-refractivity contribution in [3.8, 4) is 0 Å². The fourth-order valence-electron chi connectivity index (χ4n) is 11.9. The Hall–Kier alpha value is -1.28. The van der Waals surface area contributed by atoms with E-state index >= 15 is 0 Å². The van der Waals surface area contributed by atoms with Gasteiger partial charge in [0.2, 0.25) is 0 Å². The van der Waals surface area contributed by atoms with Crippen LogP contribution in [0.1, 0.15) is 120 Å². The van der Waals surface area contributed by atoms with Gasteiger partial charge in [-0.3, -0.25) is 9.59 Å². The van der Waals surface area contributed by atoms with Crippen molar-refractivity contribution in [1.29, 1.82) is 0 Å². The van der Waals surface area contributed by atoms with Gasteiger partial charge in [0.1, 0.15) is 6.10 Å². The normalized spacial score (nSPS) is 54.4. The van der Waals surface area contributed by atoms with E-state index in [1.807, 2.05) is 13.0 Å².